The number of carbonyl (C=O) groups is 1. The van der Waals surface area contributed by atoms with Gasteiger partial charge in [-0.25, -0.2) is 0 Å². The molecule has 4 nitrogen and oxygen atoms in total. The standard InChI is InChI=1S/C15H23N3OS/c1-2-14-13-8-16-6-11(13)9-18(14)10-15(19)17-7-12-4-3-5-20-12/h3-5,11,13-14,16H,2,6-10H2,1H3,(H,17,19). The zero-order valence-corrected chi connectivity index (χ0v) is 12.8. The summed E-state index contributed by atoms with van der Waals surface area (Å²) in [5.41, 5.74) is 0. The zero-order chi connectivity index (χ0) is 13.9. The topological polar surface area (TPSA) is 44.4 Å². The van der Waals surface area contributed by atoms with E-state index in [4.69, 9.17) is 0 Å². The summed E-state index contributed by atoms with van der Waals surface area (Å²) in [6, 6.07) is 4.65. The Morgan fingerprint density at radius 1 is 1.55 bits per heavy atom. The van der Waals surface area contributed by atoms with Crippen molar-refractivity contribution in [1.82, 2.24) is 15.5 Å². The van der Waals surface area contributed by atoms with Crippen LogP contribution in [-0.2, 0) is 11.3 Å². The molecule has 1 amide bonds. The Bertz CT molecular complexity index is 448. The SMILES string of the molecule is CCC1C2CNCC2CN1CC(=O)NCc1cccs1. The Kier molecular flexibility index (Phi) is 4.38. The lowest BCUT2D eigenvalue weighted by molar-refractivity contribution is -0.122. The number of nitrogens with zero attached hydrogens (tertiary/aromatic N) is 1. The molecule has 2 fully saturated rings. The van der Waals surface area contributed by atoms with Gasteiger partial charge in [0.15, 0.2) is 0 Å². The largest absolute Gasteiger partial charge is 0.350 e. The van der Waals surface area contributed by atoms with E-state index in [1.54, 1.807) is 11.3 Å². The Morgan fingerprint density at radius 2 is 2.45 bits per heavy atom. The summed E-state index contributed by atoms with van der Waals surface area (Å²) in [5, 5.41) is 8.56. The summed E-state index contributed by atoms with van der Waals surface area (Å²) in [4.78, 5) is 15.7. The maximum Gasteiger partial charge on any atom is 0.234 e. The lowest BCUT2D eigenvalue weighted by Gasteiger charge is -2.26. The third kappa shape index (κ3) is 2.90. The summed E-state index contributed by atoms with van der Waals surface area (Å²) >= 11 is 1.69. The Balaban J connectivity index is 1.50. The van der Waals surface area contributed by atoms with Crippen LogP contribution in [0.5, 0.6) is 0 Å². The number of carbonyl (C=O) groups excluding carboxylic acids is 1. The predicted octanol–water partition coefficient (Wildman–Crippen LogP) is 1.29. The van der Waals surface area contributed by atoms with E-state index in [1.165, 1.54) is 4.88 Å². The Hall–Kier alpha value is -0.910. The maximum atomic E-state index is 12.1. The number of amides is 1. The van der Waals surface area contributed by atoms with E-state index in [9.17, 15) is 4.79 Å². The molecule has 3 unspecified atom stereocenters. The van der Waals surface area contributed by atoms with E-state index in [2.05, 4.69) is 28.5 Å². The van der Waals surface area contributed by atoms with E-state index in [0.717, 1.165) is 37.9 Å². The van der Waals surface area contributed by atoms with E-state index < -0.39 is 0 Å². The van der Waals surface area contributed by atoms with Gasteiger partial charge in [-0.15, -0.1) is 11.3 Å². The lowest BCUT2D eigenvalue weighted by Crippen LogP contribution is -2.42. The van der Waals surface area contributed by atoms with Gasteiger partial charge in [0.25, 0.3) is 0 Å². The molecule has 2 aliphatic rings. The first kappa shape index (κ1) is 14.0. The lowest BCUT2D eigenvalue weighted by atomic mass is 9.93. The van der Waals surface area contributed by atoms with E-state index in [-0.39, 0.29) is 5.91 Å². The van der Waals surface area contributed by atoms with Crippen molar-refractivity contribution in [3.8, 4) is 0 Å². The molecule has 0 bridgehead atoms. The number of rotatable bonds is 5. The minimum Gasteiger partial charge on any atom is -0.350 e. The molecule has 0 radical (unpaired) electrons. The molecule has 2 saturated heterocycles. The first-order chi connectivity index (χ1) is 9.78. The summed E-state index contributed by atoms with van der Waals surface area (Å²) < 4.78 is 0. The number of fused-ring (bicyclic) bond motifs is 1. The van der Waals surface area contributed by atoms with Gasteiger partial charge in [0, 0.05) is 17.5 Å². The number of thiophene rings is 1. The molecular weight excluding hydrogens is 270 g/mol. The fourth-order valence-electron chi connectivity index (χ4n) is 3.69. The molecular formula is C15H23N3OS. The monoisotopic (exact) mass is 293 g/mol. The van der Waals surface area contributed by atoms with Crippen molar-refractivity contribution in [2.75, 3.05) is 26.2 Å². The first-order valence-electron chi connectivity index (χ1n) is 7.51. The summed E-state index contributed by atoms with van der Waals surface area (Å²) in [6.07, 6.45) is 1.14. The van der Waals surface area contributed by atoms with Crippen LogP contribution in [0, 0.1) is 11.8 Å². The van der Waals surface area contributed by atoms with Crippen molar-refractivity contribution in [3.05, 3.63) is 22.4 Å². The minimum atomic E-state index is 0.157. The molecule has 1 aromatic rings. The van der Waals surface area contributed by atoms with Crippen LogP contribution in [0.1, 0.15) is 18.2 Å². The zero-order valence-electron chi connectivity index (χ0n) is 12.0. The molecule has 0 spiro atoms. The van der Waals surface area contributed by atoms with Crippen molar-refractivity contribution in [3.63, 3.8) is 0 Å². The van der Waals surface area contributed by atoms with Crippen LogP contribution in [0.4, 0.5) is 0 Å². The molecule has 1 aromatic heterocycles. The van der Waals surface area contributed by atoms with Gasteiger partial charge in [-0.3, -0.25) is 9.69 Å². The van der Waals surface area contributed by atoms with Crippen molar-refractivity contribution in [1.29, 1.82) is 0 Å². The Labute approximate surface area is 124 Å². The molecule has 20 heavy (non-hydrogen) atoms. The highest BCUT2D eigenvalue weighted by Gasteiger charge is 2.43. The third-order valence-corrected chi connectivity index (χ3v) is 5.51. The Morgan fingerprint density at radius 3 is 3.20 bits per heavy atom. The fourth-order valence-corrected chi connectivity index (χ4v) is 4.34. The van der Waals surface area contributed by atoms with E-state index in [1.807, 2.05) is 11.4 Å². The van der Waals surface area contributed by atoms with Gasteiger partial charge in [-0.05, 0) is 42.8 Å². The quantitative estimate of drug-likeness (QED) is 0.860. The smallest absolute Gasteiger partial charge is 0.234 e. The molecule has 5 heteroatoms. The highest BCUT2D eigenvalue weighted by atomic mass is 32.1. The van der Waals surface area contributed by atoms with Gasteiger partial charge >= 0.3 is 0 Å². The van der Waals surface area contributed by atoms with Crippen molar-refractivity contribution in [2.45, 2.75) is 25.9 Å². The van der Waals surface area contributed by atoms with Crippen LogP contribution in [0.3, 0.4) is 0 Å². The van der Waals surface area contributed by atoms with E-state index >= 15 is 0 Å². The fraction of sp³-hybridized carbons (Fsp3) is 0.667. The number of likely N-dealkylation sites (tertiary alicyclic amines) is 1. The molecule has 110 valence electrons. The van der Waals surface area contributed by atoms with Gasteiger partial charge in [0.1, 0.15) is 0 Å². The van der Waals surface area contributed by atoms with Crippen LogP contribution in [0.15, 0.2) is 17.5 Å². The van der Waals surface area contributed by atoms with Gasteiger partial charge in [-0.2, -0.15) is 0 Å². The number of hydrogen-bond donors (Lipinski definition) is 2. The molecule has 3 heterocycles. The molecule has 0 saturated carbocycles. The number of nitrogens with one attached hydrogen (secondary N) is 2. The predicted molar refractivity (Wildman–Crippen MR) is 81.7 cm³/mol. The second-order valence-corrected chi connectivity index (χ2v) is 6.88. The summed E-state index contributed by atoms with van der Waals surface area (Å²) in [7, 11) is 0. The molecule has 3 atom stereocenters. The average molecular weight is 293 g/mol. The number of hydrogen-bond acceptors (Lipinski definition) is 4. The van der Waals surface area contributed by atoms with Crippen LogP contribution < -0.4 is 10.6 Å². The highest BCUT2D eigenvalue weighted by molar-refractivity contribution is 7.09. The average Bonchev–Trinajstić information content (AvgIpc) is 3.12. The second kappa shape index (κ2) is 6.24. The van der Waals surface area contributed by atoms with Crippen LogP contribution in [0.2, 0.25) is 0 Å². The van der Waals surface area contributed by atoms with Gasteiger partial charge in [-0.1, -0.05) is 13.0 Å². The minimum absolute atomic E-state index is 0.157. The van der Waals surface area contributed by atoms with Crippen LogP contribution in [-0.4, -0.2) is 43.0 Å². The first-order valence-corrected chi connectivity index (χ1v) is 8.39. The van der Waals surface area contributed by atoms with Crippen molar-refractivity contribution in [2.24, 2.45) is 11.8 Å². The van der Waals surface area contributed by atoms with Gasteiger partial charge < -0.3 is 10.6 Å². The third-order valence-electron chi connectivity index (χ3n) is 4.63. The maximum absolute atomic E-state index is 12.1. The molecule has 2 N–H and O–H groups in total. The van der Waals surface area contributed by atoms with Crippen molar-refractivity contribution >= 4 is 17.2 Å². The molecule has 0 aliphatic carbocycles. The molecule has 0 aromatic carbocycles. The second-order valence-electron chi connectivity index (χ2n) is 5.84. The summed E-state index contributed by atoms with van der Waals surface area (Å²) in [5.74, 6) is 1.64. The van der Waals surface area contributed by atoms with E-state index in [0.29, 0.717) is 19.1 Å². The van der Waals surface area contributed by atoms with Crippen LogP contribution >= 0.6 is 11.3 Å². The highest BCUT2D eigenvalue weighted by Crippen LogP contribution is 2.33. The van der Waals surface area contributed by atoms with Crippen molar-refractivity contribution < 1.29 is 4.79 Å². The molecule has 2 aliphatic heterocycles. The summed E-state index contributed by atoms with van der Waals surface area (Å²) in [6.45, 7) is 6.77. The van der Waals surface area contributed by atoms with Gasteiger partial charge in [0.05, 0.1) is 13.1 Å². The van der Waals surface area contributed by atoms with Gasteiger partial charge in [0.2, 0.25) is 5.91 Å². The van der Waals surface area contributed by atoms with Crippen LogP contribution in [0.25, 0.3) is 0 Å². The normalized spacial score (nSPS) is 29.6. The molecule has 3 rings (SSSR count).